The highest BCUT2D eigenvalue weighted by molar-refractivity contribution is 5.70. The highest BCUT2D eigenvalue weighted by Gasteiger charge is 2.25. The lowest BCUT2D eigenvalue weighted by Crippen LogP contribution is -2.51. The van der Waals surface area contributed by atoms with E-state index in [9.17, 15) is 4.79 Å². The van der Waals surface area contributed by atoms with Crippen LogP contribution in [0.1, 0.15) is 12.5 Å². The van der Waals surface area contributed by atoms with Crippen LogP contribution in [-0.2, 0) is 11.2 Å². The van der Waals surface area contributed by atoms with Gasteiger partial charge in [-0.25, -0.2) is 0 Å². The number of benzene rings is 1. The zero-order chi connectivity index (χ0) is 13.1. The van der Waals surface area contributed by atoms with Crippen LogP contribution in [0, 0.1) is 5.92 Å². The summed E-state index contributed by atoms with van der Waals surface area (Å²) in [5, 5.41) is 8.96. The number of hydrogen-bond donors (Lipinski definition) is 1. The van der Waals surface area contributed by atoms with Crippen molar-refractivity contribution >= 4 is 5.97 Å². The third-order valence-corrected chi connectivity index (χ3v) is 3.24. The fourth-order valence-corrected chi connectivity index (χ4v) is 2.10. The summed E-state index contributed by atoms with van der Waals surface area (Å²) in [4.78, 5) is 13.1. The van der Waals surface area contributed by atoms with E-state index in [1.54, 1.807) is 6.92 Å². The van der Waals surface area contributed by atoms with Crippen LogP contribution in [0.4, 0.5) is 0 Å². The molecule has 0 saturated carbocycles. The van der Waals surface area contributed by atoms with Crippen molar-refractivity contribution in [2.75, 3.05) is 20.1 Å². The van der Waals surface area contributed by atoms with Gasteiger partial charge in [-0.1, -0.05) is 25.1 Å². The molecule has 1 unspecified atom stereocenters. The van der Waals surface area contributed by atoms with Crippen LogP contribution < -0.4 is 4.74 Å². The summed E-state index contributed by atoms with van der Waals surface area (Å²) >= 11 is 0. The first-order chi connectivity index (χ1) is 8.56. The van der Waals surface area contributed by atoms with Crippen molar-refractivity contribution in [3.8, 4) is 5.75 Å². The number of carbonyl (C=O) groups is 1. The van der Waals surface area contributed by atoms with Crippen molar-refractivity contribution in [2.24, 2.45) is 5.92 Å². The third-order valence-electron chi connectivity index (χ3n) is 3.24. The molecule has 1 aromatic carbocycles. The van der Waals surface area contributed by atoms with Crippen molar-refractivity contribution in [1.82, 2.24) is 4.90 Å². The molecule has 98 valence electrons. The molecule has 1 aliphatic heterocycles. The molecule has 0 aromatic heterocycles. The Morgan fingerprint density at radius 1 is 1.50 bits per heavy atom. The molecule has 1 aliphatic rings. The number of nitrogens with zero attached hydrogens (tertiary/aromatic N) is 1. The van der Waals surface area contributed by atoms with Gasteiger partial charge in [-0.05, 0) is 25.1 Å². The van der Waals surface area contributed by atoms with Crippen molar-refractivity contribution < 1.29 is 14.6 Å². The second-order valence-corrected chi connectivity index (χ2v) is 5.01. The number of likely N-dealkylation sites (N-methyl/N-ethyl adjacent to an activating group) is 1. The van der Waals surface area contributed by atoms with Gasteiger partial charge < -0.3 is 9.84 Å². The summed E-state index contributed by atoms with van der Waals surface area (Å²) in [7, 11) is 2.05. The van der Waals surface area contributed by atoms with Gasteiger partial charge in [0, 0.05) is 13.1 Å². The predicted molar refractivity (Wildman–Crippen MR) is 68.9 cm³/mol. The van der Waals surface area contributed by atoms with E-state index >= 15 is 0 Å². The minimum atomic E-state index is -0.770. The van der Waals surface area contributed by atoms with Gasteiger partial charge in [0.15, 0.2) is 0 Å². The molecule has 2 rings (SSSR count). The second-order valence-electron chi connectivity index (χ2n) is 5.01. The van der Waals surface area contributed by atoms with Crippen LogP contribution >= 0.6 is 0 Å². The number of likely N-dealkylation sites (tertiary alicyclic amines) is 1. The van der Waals surface area contributed by atoms with Crippen LogP contribution in [0.15, 0.2) is 24.3 Å². The first-order valence-corrected chi connectivity index (χ1v) is 6.22. The van der Waals surface area contributed by atoms with Gasteiger partial charge in [0.25, 0.3) is 0 Å². The number of carboxylic acids is 1. The summed E-state index contributed by atoms with van der Waals surface area (Å²) in [6, 6.07) is 7.70. The van der Waals surface area contributed by atoms with E-state index in [0.717, 1.165) is 24.4 Å². The lowest BCUT2D eigenvalue weighted by Gasteiger charge is -2.36. The Morgan fingerprint density at radius 3 is 2.78 bits per heavy atom. The molecule has 0 radical (unpaired) electrons. The Balaban J connectivity index is 2.03. The second kappa shape index (κ2) is 5.40. The molecule has 4 heteroatoms. The third kappa shape index (κ3) is 3.01. The average Bonchev–Trinajstić information content (AvgIpc) is 2.29. The average molecular weight is 249 g/mol. The molecule has 1 fully saturated rings. The van der Waals surface area contributed by atoms with Crippen molar-refractivity contribution in [3.63, 3.8) is 0 Å². The standard InChI is InChI=1S/C14H19NO3/c1-10(14(16)17)7-11-5-3-4-6-13(11)18-12-8-15(2)9-12/h3-6,10,12H,7-9H2,1-2H3,(H,16,17). The smallest absolute Gasteiger partial charge is 0.306 e. The summed E-state index contributed by atoms with van der Waals surface area (Å²) in [5.41, 5.74) is 0.974. The van der Waals surface area contributed by atoms with Crippen LogP contribution in [0.5, 0.6) is 5.75 Å². The summed E-state index contributed by atoms with van der Waals surface area (Å²) < 4.78 is 5.90. The first-order valence-electron chi connectivity index (χ1n) is 6.22. The molecule has 0 bridgehead atoms. The van der Waals surface area contributed by atoms with Gasteiger partial charge in [0.05, 0.1) is 5.92 Å². The molecule has 18 heavy (non-hydrogen) atoms. The van der Waals surface area contributed by atoms with Crippen molar-refractivity contribution in [2.45, 2.75) is 19.4 Å². The lowest BCUT2D eigenvalue weighted by molar-refractivity contribution is -0.141. The van der Waals surface area contributed by atoms with Crippen LogP contribution in [0.25, 0.3) is 0 Å². The molecule has 1 aromatic rings. The lowest BCUT2D eigenvalue weighted by atomic mass is 10.0. The highest BCUT2D eigenvalue weighted by atomic mass is 16.5. The van der Waals surface area contributed by atoms with Crippen LogP contribution in [0.3, 0.4) is 0 Å². The molecule has 0 aliphatic carbocycles. The quantitative estimate of drug-likeness (QED) is 0.862. The van der Waals surface area contributed by atoms with E-state index in [1.165, 1.54) is 0 Å². The molecule has 4 nitrogen and oxygen atoms in total. The van der Waals surface area contributed by atoms with Gasteiger partial charge in [-0.2, -0.15) is 0 Å². The topological polar surface area (TPSA) is 49.8 Å². The Morgan fingerprint density at radius 2 is 2.17 bits per heavy atom. The van der Waals surface area contributed by atoms with Gasteiger partial charge in [0.1, 0.15) is 11.9 Å². The predicted octanol–water partition coefficient (Wildman–Crippen LogP) is 1.64. The maximum Gasteiger partial charge on any atom is 0.306 e. The molecule has 1 heterocycles. The summed E-state index contributed by atoms with van der Waals surface area (Å²) in [6.45, 7) is 3.59. The van der Waals surface area contributed by atoms with E-state index in [1.807, 2.05) is 24.3 Å². The molecule has 0 spiro atoms. The number of carboxylic acid groups (broad SMARTS) is 1. The van der Waals surface area contributed by atoms with E-state index in [-0.39, 0.29) is 12.0 Å². The first kappa shape index (κ1) is 12.9. The Hall–Kier alpha value is -1.55. The molecule has 1 saturated heterocycles. The van der Waals surface area contributed by atoms with E-state index in [2.05, 4.69) is 11.9 Å². The minimum absolute atomic E-state index is 0.233. The zero-order valence-electron chi connectivity index (χ0n) is 10.8. The van der Waals surface area contributed by atoms with Gasteiger partial charge in [0.2, 0.25) is 0 Å². The van der Waals surface area contributed by atoms with Gasteiger partial charge in [-0.15, -0.1) is 0 Å². The molecule has 1 atom stereocenters. The fraction of sp³-hybridized carbons (Fsp3) is 0.500. The zero-order valence-corrected chi connectivity index (χ0v) is 10.8. The number of para-hydroxylation sites is 1. The van der Waals surface area contributed by atoms with Gasteiger partial charge >= 0.3 is 5.97 Å². The van der Waals surface area contributed by atoms with E-state index in [0.29, 0.717) is 6.42 Å². The number of aliphatic carboxylic acids is 1. The van der Waals surface area contributed by atoms with Crippen LogP contribution in [-0.4, -0.2) is 42.2 Å². The molecular formula is C14H19NO3. The Bertz CT molecular complexity index is 427. The number of ether oxygens (including phenoxy) is 1. The van der Waals surface area contributed by atoms with E-state index < -0.39 is 5.97 Å². The van der Waals surface area contributed by atoms with Crippen molar-refractivity contribution in [3.05, 3.63) is 29.8 Å². The minimum Gasteiger partial charge on any atom is -0.487 e. The maximum atomic E-state index is 10.9. The number of rotatable bonds is 5. The Labute approximate surface area is 107 Å². The Kier molecular flexibility index (Phi) is 3.87. The normalized spacial score (nSPS) is 18.1. The SMILES string of the molecule is CC(Cc1ccccc1OC1CN(C)C1)C(=O)O. The molecular weight excluding hydrogens is 230 g/mol. The monoisotopic (exact) mass is 249 g/mol. The van der Waals surface area contributed by atoms with E-state index in [4.69, 9.17) is 9.84 Å². The van der Waals surface area contributed by atoms with Gasteiger partial charge in [-0.3, -0.25) is 9.69 Å². The summed E-state index contributed by atoms with van der Waals surface area (Å²) in [6.07, 6.45) is 0.741. The molecule has 1 N–H and O–H groups in total. The van der Waals surface area contributed by atoms with Crippen molar-refractivity contribution in [1.29, 1.82) is 0 Å². The number of hydrogen-bond acceptors (Lipinski definition) is 3. The highest BCUT2D eigenvalue weighted by Crippen LogP contribution is 2.24. The van der Waals surface area contributed by atoms with Crippen LogP contribution in [0.2, 0.25) is 0 Å². The summed E-state index contributed by atoms with van der Waals surface area (Å²) in [5.74, 6) is -0.337. The maximum absolute atomic E-state index is 10.9. The molecule has 0 amide bonds. The fourth-order valence-electron chi connectivity index (χ4n) is 2.10. The largest absolute Gasteiger partial charge is 0.487 e.